The molecule has 0 aliphatic carbocycles. The van der Waals surface area contributed by atoms with Crippen LogP contribution in [-0.4, -0.2) is 17.8 Å². The van der Waals surface area contributed by atoms with Crippen molar-refractivity contribution in [2.45, 2.75) is 33.6 Å². The number of hydrogen-bond donors (Lipinski definition) is 1. The first kappa shape index (κ1) is 14.7. The second kappa shape index (κ2) is 6.55. The fraction of sp³-hybridized carbons (Fsp3) is 0.615. The van der Waals surface area contributed by atoms with Gasteiger partial charge >= 0.3 is 0 Å². The first-order valence-corrected chi connectivity index (χ1v) is 7.91. The molecule has 4 heteroatoms. The lowest BCUT2D eigenvalue weighted by molar-refractivity contribution is 0.0939. The lowest BCUT2D eigenvalue weighted by Gasteiger charge is -2.23. The molecular formula is C13H20BrNOS. The third-order valence-electron chi connectivity index (χ3n) is 2.83. The Morgan fingerprint density at radius 2 is 2.24 bits per heavy atom. The number of thiophene rings is 1. The van der Waals surface area contributed by atoms with Crippen LogP contribution in [0.2, 0.25) is 0 Å². The van der Waals surface area contributed by atoms with Crippen LogP contribution in [0.3, 0.4) is 0 Å². The molecule has 1 amide bonds. The van der Waals surface area contributed by atoms with Gasteiger partial charge in [0.05, 0.1) is 4.88 Å². The Balaban J connectivity index is 2.56. The number of amides is 1. The van der Waals surface area contributed by atoms with Gasteiger partial charge in [-0.1, -0.05) is 36.7 Å². The van der Waals surface area contributed by atoms with Gasteiger partial charge in [0.1, 0.15) is 0 Å². The summed E-state index contributed by atoms with van der Waals surface area (Å²) in [5.74, 6) is 0.0690. The molecule has 1 aromatic heterocycles. The Morgan fingerprint density at radius 1 is 1.53 bits per heavy atom. The maximum atomic E-state index is 12.0. The Kier molecular flexibility index (Phi) is 5.67. The van der Waals surface area contributed by atoms with Crippen molar-refractivity contribution in [2.75, 3.05) is 11.9 Å². The van der Waals surface area contributed by atoms with E-state index in [1.165, 1.54) is 11.3 Å². The van der Waals surface area contributed by atoms with E-state index < -0.39 is 0 Å². The molecule has 0 atom stereocenters. The van der Waals surface area contributed by atoms with Crippen molar-refractivity contribution in [3.05, 3.63) is 21.9 Å². The van der Waals surface area contributed by atoms with Gasteiger partial charge in [0.2, 0.25) is 0 Å². The number of carbonyl (C=O) groups is 1. The second-order valence-electron chi connectivity index (χ2n) is 4.91. The largest absolute Gasteiger partial charge is 0.351 e. The Bertz CT molecular complexity index is 373. The topological polar surface area (TPSA) is 29.1 Å². The molecule has 1 rings (SSSR count). The van der Waals surface area contributed by atoms with Crippen LogP contribution in [0.1, 0.15) is 42.4 Å². The molecule has 0 spiro atoms. The third kappa shape index (κ3) is 4.43. The number of aryl methyl sites for hydroxylation is 1. The Labute approximate surface area is 116 Å². The monoisotopic (exact) mass is 317 g/mol. The fourth-order valence-electron chi connectivity index (χ4n) is 1.56. The number of hydrogen-bond acceptors (Lipinski definition) is 2. The number of alkyl halides is 1. The zero-order valence-corrected chi connectivity index (χ0v) is 13.1. The highest BCUT2D eigenvalue weighted by atomic mass is 79.9. The van der Waals surface area contributed by atoms with E-state index in [4.69, 9.17) is 0 Å². The predicted molar refractivity (Wildman–Crippen MR) is 78.2 cm³/mol. The number of carbonyl (C=O) groups excluding carboxylic acids is 1. The first-order valence-electron chi connectivity index (χ1n) is 5.90. The third-order valence-corrected chi connectivity index (χ3v) is 4.18. The van der Waals surface area contributed by atoms with Crippen LogP contribution < -0.4 is 5.32 Å². The van der Waals surface area contributed by atoms with E-state index in [9.17, 15) is 4.79 Å². The summed E-state index contributed by atoms with van der Waals surface area (Å²) in [5, 5.41) is 5.99. The molecule has 1 aromatic rings. The van der Waals surface area contributed by atoms with Crippen molar-refractivity contribution in [2.24, 2.45) is 5.41 Å². The SMILES string of the molecule is CCc1ccsc1C(=O)NCC(C)(C)CCBr. The molecular weight excluding hydrogens is 298 g/mol. The average molecular weight is 318 g/mol. The molecule has 1 N–H and O–H groups in total. The van der Waals surface area contributed by atoms with Crippen molar-refractivity contribution in [1.29, 1.82) is 0 Å². The van der Waals surface area contributed by atoms with Gasteiger partial charge in [-0.15, -0.1) is 11.3 Å². The van der Waals surface area contributed by atoms with Gasteiger partial charge in [0.25, 0.3) is 5.91 Å². The number of halogens is 1. The molecule has 17 heavy (non-hydrogen) atoms. The van der Waals surface area contributed by atoms with E-state index in [2.05, 4.69) is 42.0 Å². The van der Waals surface area contributed by atoms with Crippen LogP contribution in [0.15, 0.2) is 11.4 Å². The molecule has 0 bridgehead atoms. The minimum absolute atomic E-state index is 0.0690. The molecule has 0 aromatic carbocycles. The average Bonchev–Trinajstić information content (AvgIpc) is 2.74. The highest BCUT2D eigenvalue weighted by molar-refractivity contribution is 9.09. The van der Waals surface area contributed by atoms with E-state index in [0.29, 0.717) is 0 Å². The smallest absolute Gasteiger partial charge is 0.261 e. The Morgan fingerprint density at radius 3 is 2.82 bits per heavy atom. The van der Waals surface area contributed by atoms with Gasteiger partial charge < -0.3 is 5.32 Å². The van der Waals surface area contributed by atoms with Gasteiger partial charge in [0.15, 0.2) is 0 Å². The summed E-state index contributed by atoms with van der Waals surface area (Å²) in [5.41, 5.74) is 1.29. The lowest BCUT2D eigenvalue weighted by Crippen LogP contribution is -2.34. The van der Waals surface area contributed by atoms with E-state index in [-0.39, 0.29) is 11.3 Å². The summed E-state index contributed by atoms with van der Waals surface area (Å²) in [4.78, 5) is 12.9. The van der Waals surface area contributed by atoms with Gasteiger partial charge in [-0.2, -0.15) is 0 Å². The van der Waals surface area contributed by atoms with Crippen molar-refractivity contribution in [3.8, 4) is 0 Å². The maximum absolute atomic E-state index is 12.0. The van der Waals surface area contributed by atoms with E-state index in [0.717, 1.165) is 35.2 Å². The molecule has 1 heterocycles. The van der Waals surface area contributed by atoms with Crippen LogP contribution >= 0.6 is 27.3 Å². The molecule has 0 fully saturated rings. The van der Waals surface area contributed by atoms with Crippen molar-refractivity contribution in [3.63, 3.8) is 0 Å². The van der Waals surface area contributed by atoms with Gasteiger partial charge in [-0.05, 0) is 35.3 Å². The highest BCUT2D eigenvalue weighted by Crippen LogP contribution is 2.21. The van der Waals surface area contributed by atoms with Gasteiger partial charge in [0, 0.05) is 11.9 Å². The van der Waals surface area contributed by atoms with Crippen molar-refractivity contribution < 1.29 is 4.79 Å². The van der Waals surface area contributed by atoms with E-state index in [1.807, 2.05) is 11.4 Å². The molecule has 96 valence electrons. The summed E-state index contributed by atoms with van der Waals surface area (Å²) >= 11 is 4.97. The van der Waals surface area contributed by atoms with Crippen LogP contribution in [0.4, 0.5) is 0 Å². The fourth-order valence-corrected chi connectivity index (χ4v) is 3.54. The summed E-state index contributed by atoms with van der Waals surface area (Å²) in [7, 11) is 0. The molecule has 0 unspecified atom stereocenters. The number of rotatable bonds is 6. The second-order valence-corrected chi connectivity index (χ2v) is 6.62. The predicted octanol–water partition coefficient (Wildman–Crippen LogP) is 3.85. The zero-order chi connectivity index (χ0) is 12.9. The normalized spacial score (nSPS) is 11.5. The standard InChI is InChI=1S/C13H20BrNOS/c1-4-10-5-8-17-11(10)12(16)15-9-13(2,3)6-7-14/h5,8H,4,6-7,9H2,1-3H3,(H,15,16). The molecule has 0 aliphatic heterocycles. The van der Waals surface area contributed by atoms with Crippen molar-refractivity contribution in [1.82, 2.24) is 5.32 Å². The minimum atomic E-state index is 0.0690. The van der Waals surface area contributed by atoms with E-state index in [1.54, 1.807) is 0 Å². The lowest BCUT2D eigenvalue weighted by atomic mass is 9.90. The highest BCUT2D eigenvalue weighted by Gasteiger charge is 2.19. The maximum Gasteiger partial charge on any atom is 0.261 e. The van der Waals surface area contributed by atoms with E-state index >= 15 is 0 Å². The summed E-state index contributed by atoms with van der Waals surface area (Å²) in [6.45, 7) is 7.14. The van der Waals surface area contributed by atoms with Crippen LogP contribution in [0.5, 0.6) is 0 Å². The van der Waals surface area contributed by atoms with Crippen LogP contribution in [0, 0.1) is 5.41 Å². The summed E-state index contributed by atoms with van der Waals surface area (Å²) in [6.07, 6.45) is 1.97. The van der Waals surface area contributed by atoms with Crippen LogP contribution in [-0.2, 0) is 6.42 Å². The van der Waals surface area contributed by atoms with Gasteiger partial charge in [-0.25, -0.2) is 0 Å². The van der Waals surface area contributed by atoms with Crippen LogP contribution in [0.25, 0.3) is 0 Å². The quantitative estimate of drug-likeness (QED) is 0.793. The van der Waals surface area contributed by atoms with Gasteiger partial charge in [-0.3, -0.25) is 4.79 Å². The minimum Gasteiger partial charge on any atom is -0.351 e. The summed E-state index contributed by atoms with van der Waals surface area (Å²) in [6, 6.07) is 2.03. The zero-order valence-electron chi connectivity index (χ0n) is 10.7. The molecule has 0 saturated carbocycles. The molecule has 0 radical (unpaired) electrons. The Hall–Kier alpha value is -0.350. The molecule has 2 nitrogen and oxygen atoms in total. The summed E-state index contributed by atoms with van der Waals surface area (Å²) < 4.78 is 0. The first-order chi connectivity index (χ1) is 8.00. The molecule has 0 aliphatic rings. The van der Waals surface area contributed by atoms with Crippen molar-refractivity contribution >= 4 is 33.2 Å². The molecule has 0 saturated heterocycles. The number of nitrogens with one attached hydrogen (secondary N) is 1.